The maximum absolute atomic E-state index is 12.1. The number of carbonyl (C=O) groups is 1. The van der Waals surface area contributed by atoms with Crippen molar-refractivity contribution >= 4 is 21.8 Å². The SMILES string of the molecule is O=C1CC(Br)CC(C(F)(F)F)N1. The van der Waals surface area contributed by atoms with Crippen molar-refractivity contribution < 1.29 is 18.0 Å². The van der Waals surface area contributed by atoms with Crippen LogP contribution in [0.3, 0.4) is 0 Å². The molecule has 12 heavy (non-hydrogen) atoms. The first-order valence-corrected chi connectivity index (χ1v) is 4.31. The lowest BCUT2D eigenvalue weighted by Gasteiger charge is -2.28. The molecule has 1 heterocycles. The van der Waals surface area contributed by atoms with E-state index in [2.05, 4.69) is 15.9 Å². The van der Waals surface area contributed by atoms with Crippen LogP contribution in [0.5, 0.6) is 0 Å². The van der Waals surface area contributed by atoms with Crippen LogP contribution in [0.4, 0.5) is 13.2 Å². The molecule has 2 nitrogen and oxygen atoms in total. The molecule has 1 rings (SSSR count). The van der Waals surface area contributed by atoms with E-state index in [-0.39, 0.29) is 17.7 Å². The maximum Gasteiger partial charge on any atom is 0.408 e. The van der Waals surface area contributed by atoms with Gasteiger partial charge in [-0.3, -0.25) is 4.79 Å². The molecule has 6 heteroatoms. The van der Waals surface area contributed by atoms with Gasteiger partial charge in [0.1, 0.15) is 6.04 Å². The van der Waals surface area contributed by atoms with Gasteiger partial charge in [0.2, 0.25) is 5.91 Å². The number of alkyl halides is 4. The molecule has 70 valence electrons. The topological polar surface area (TPSA) is 29.1 Å². The Morgan fingerprint density at radius 3 is 2.50 bits per heavy atom. The van der Waals surface area contributed by atoms with Crippen molar-refractivity contribution in [3.05, 3.63) is 0 Å². The number of halogens is 4. The monoisotopic (exact) mass is 245 g/mol. The first-order chi connectivity index (χ1) is 5.39. The third kappa shape index (κ3) is 2.36. The number of hydrogen-bond donors (Lipinski definition) is 1. The summed E-state index contributed by atoms with van der Waals surface area (Å²) in [5, 5.41) is 1.89. The molecule has 1 saturated heterocycles. The molecule has 0 aromatic carbocycles. The molecular weight excluding hydrogens is 239 g/mol. The third-order valence-corrected chi connectivity index (χ3v) is 2.33. The fraction of sp³-hybridized carbons (Fsp3) is 0.833. The summed E-state index contributed by atoms with van der Waals surface area (Å²) in [6.07, 6.45) is -4.30. The second kappa shape index (κ2) is 3.24. The highest BCUT2D eigenvalue weighted by Gasteiger charge is 2.43. The molecule has 2 atom stereocenters. The van der Waals surface area contributed by atoms with E-state index in [1.165, 1.54) is 0 Å². The molecule has 1 amide bonds. The second-order valence-corrected chi connectivity index (χ2v) is 3.99. The minimum Gasteiger partial charge on any atom is -0.344 e. The van der Waals surface area contributed by atoms with Crippen molar-refractivity contribution in [3.8, 4) is 0 Å². The average molecular weight is 246 g/mol. The predicted octanol–water partition coefficient (Wildman–Crippen LogP) is 1.59. The third-order valence-electron chi connectivity index (χ3n) is 1.63. The van der Waals surface area contributed by atoms with Crippen LogP contribution >= 0.6 is 15.9 Å². The number of amides is 1. The van der Waals surface area contributed by atoms with Gasteiger partial charge in [-0.1, -0.05) is 15.9 Å². The number of rotatable bonds is 0. The number of carbonyl (C=O) groups excluding carboxylic acids is 1. The smallest absolute Gasteiger partial charge is 0.344 e. The summed E-state index contributed by atoms with van der Waals surface area (Å²) in [4.78, 5) is 10.3. The molecule has 0 bridgehead atoms. The fourth-order valence-corrected chi connectivity index (χ4v) is 1.74. The van der Waals surface area contributed by atoms with Crippen molar-refractivity contribution in [1.29, 1.82) is 0 Å². The molecule has 0 aliphatic carbocycles. The van der Waals surface area contributed by atoms with Gasteiger partial charge in [-0.2, -0.15) is 13.2 Å². The van der Waals surface area contributed by atoms with Crippen molar-refractivity contribution in [2.24, 2.45) is 0 Å². The molecule has 1 aliphatic heterocycles. The summed E-state index contributed by atoms with van der Waals surface area (Å²) >= 11 is 3.00. The van der Waals surface area contributed by atoms with Gasteiger partial charge in [-0.15, -0.1) is 0 Å². The largest absolute Gasteiger partial charge is 0.408 e. The zero-order valence-corrected chi connectivity index (χ0v) is 7.58. The molecule has 0 radical (unpaired) electrons. The Labute approximate surface area is 75.6 Å². The van der Waals surface area contributed by atoms with Crippen LogP contribution in [0, 0.1) is 0 Å². The number of hydrogen-bond acceptors (Lipinski definition) is 1. The Hall–Kier alpha value is -0.260. The van der Waals surface area contributed by atoms with Crippen LogP contribution < -0.4 is 5.32 Å². The van der Waals surface area contributed by atoms with Crippen molar-refractivity contribution in [2.45, 2.75) is 29.9 Å². The molecule has 0 aromatic heterocycles. The summed E-state index contributed by atoms with van der Waals surface area (Å²) in [6, 6.07) is -1.69. The van der Waals surface area contributed by atoms with E-state index < -0.39 is 18.1 Å². The van der Waals surface area contributed by atoms with Gasteiger partial charge in [0.05, 0.1) is 0 Å². The van der Waals surface area contributed by atoms with Gasteiger partial charge in [0.15, 0.2) is 0 Å². The highest BCUT2D eigenvalue weighted by molar-refractivity contribution is 9.09. The molecule has 0 saturated carbocycles. The second-order valence-electron chi connectivity index (χ2n) is 2.70. The van der Waals surface area contributed by atoms with E-state index in [0.717, 1.165) is 0 Å². The Morgan fingerprint density at radius 1 is 1.50 bits per heavy atom. The predicted molar refractivity (Wildman–Crippen MR) is 39.9 cm³/mol. The lowest BCUT2D eigenvalue weighted by atomic mass is 10.0. The Morgan fingerprint density at radius 2 is 2.08 bits per heavy atom. The van der Waals surface area contributed by atoms with E-state index in [4.69, 9.17) is 0 Å². The fourth-order valence-electron chi connectivity index (χ4n) is 1.07. The minimum atomic E-state index is -4.33. The zero-order chi connectivity index (χ0) is 9.35. The Balaban J connectivity index is 2.62. The lowest BCUT2D eigenvalue weighted by Crippen LogP contribution is -2.50. The Kier molecular flexibility index (Phi) is 2.65. The minimum absolute atomic E-state index is 0.0881. The summed E-state index contributed by atoms with van der Waals surface area (Å²) in [5.74, 6) is -0.551. The van der Waals surface area contributed by atoms with E-state index in [9.17, 15) is 18.0 Å². The summed E-state index contributed by atoms with van der Waals surface area (Å²) < 4.78 is 36.2. The van der Waals surface area contributed by atoms with Crippen molar-refractivity contribution in [3.63, 3.8) is 0 Å². The first kappa shape index (κ1) is 9.83. The molecule has 2 unspecified atom stereocenters. The van der Waals surface area contributed by atoms with Crippen molar-refractivity contribution in [1.82, 2.24) is 5.32 Å². The van der Waals surface area contributed by atoms with Crippen LogP contribution in [0.15, 0.2) is 0 Å². The quantitative estimate of drug-likeness (QED) is 0.646. The number of piperidine rings is 1. The molecule has 1 fully saturated rings. The number of nitrogens with one attached hydrogen (secondary N) is 1. The first-order valence-electron chi connectivity index (χ1n) is 3.39. The lowest BCUT2D eigenvalue weighted by molar-refractivity contribution is -0.166. The van der Waals surface area contributed by atoms with Gasteiger partial charge in [0, 0.05) is 11.2 Å². The molecular formula is C6H7BrF3NO. The van der Waals surface area contributed by atoms with Crippen molar-refractivity contribution in [2.75, 3.05) is 0 Å². The average Bonchev–Trinajstić information content (AvgIpc) is 1.82. The van der Waals surface area contributed by atoms with Crippen LogP contribution in [0.2, 0.25) is 0 Å². The van der Waals surface area contributed by atoms with E-state index >= 15 is 0 Å². The van der Waals surface area contributed by atoms with E-state index in [1.807, 2.05) is 5.32 Å². The van der Waals surface area contributed by atoms with Gasteiger partial charge < -0.3 is 5.32 Å². The van der Waals surface area contributed by atoms with Gasteiger partial charge in [-0.25, -0.2) is 0 Å². The maximum atomic E-state index is 12.1. The molecule has 0 spiro atoms. The molecule has 1 aliphatic rings. The standard InChI is InChI=1S/C6H7BrF3NO/c7-3-1-4(6(8,9)10)11-5(12)2-3/h3-4H,1-2H2,(H,11,12). The Bertz CT molecular complexity index is 194. The van der Waals surface area contributed by atoms with E-state index in [1.54, 1.807) is 0 Å². The summed E-state index contributed by atoms with van der Waals surface area (Å²) in [5.41, 5.74) is 0. The van der Waals surface area contributed by atoms with Gasteiger partial charge in [0.25, 0.3) is 0 Å². The van der Waals surface area contributed by atoms with Gasteiger partial charge >= 0.3 is 6.18 Å². The zero-order valence-electron chi connectivity index (χ0n) is 5.99. The molecule has 1 N–H and O–H groups in total. The molecule has 0 aromatic rings. The van der Waals surface area contributed by atoms with Crippen LogP contribution in [-0.4, -0.2) is 23.0 Å². The van der Waals surface area contributed by atoms with Crippen LogP contribution in [-0.2, 0) is 4.79 Å². The van der Waals surface area contributed by atoms with Crippen LogP contribution in [0.1, 0.15) is 12.8 Å². The van der Waals surface area contributed by atoms with Crippen LogP contribution in [0.25, 0.3) is 0 Å². The normalized spacial score (nSPS) is 31.5. The highest BCUT2D eigenvalue weighted by Crippen LogP contribution is 2.29. The highest BCUT2D eigenvalue weighted by atomic mass is 79.9. The van der Waals surface area contributed by atoms with Gasteiger partial charge in [-0.05, 0) is 6.42 Å². The summed E-state index contributed by atoms with van der Waals surface area (Å²) in [6.45, 7) is 0. The summed E-state index contributed by atoms with van der Waals surface area (Å²) in [7, 11) is 0. The van der Waals surface area contributed by atoms with E-state index in [0.29, 0.717) is 0 Å².